The van der Waals surface area contributed by atoms with Gasteiger partial charge >= 0.3 is 0 Å². The van der Waals surface area contributed by atoms with Gasteiger partial charge in [-0.3, -0.25) is 14.6 Å². The fraction of sp³-hybridized carbons (Fsp3) is 0.682. The lowest BCUT2D eigenvalue weighted by atomic mass is 9.97. The Morgan fingerprint density at radius 2 is 2.00 bits per heavy atom. The maximum absolute atomic E-state index is 4.86. The molecule has 0 aliphatic carbocycles. The summed E-state index contributed by atoms with van der Waals surface area (Å²) < 4.78 is 2.09. The van der Waals surface area contributed by atoms with Gasteiger partial charge in [0, 0.05) is 43.8 Å². The van der Waals surface area contributed by atoms with Gasteiger partial charge in [-0.2, -0.15) is 5.10 Å². The van der Waals surface area contributed by atoms with Crippen LogP contribution in [0.5, 0.6) is 0 Å². The van der Waals surface area contributed by atoms with Gasteiger partial charge in [-0.05, 0) is 72.0 Å². The molecule has 31 heavy (non-hydrogen) atoms. The standard InChI is InChI=1S/C22H37N7S.HI/c1-5-23-22(24-9-6-10-29-18(3)13-17(2)27-29)25-14-20-7-11-28(12-8-20)15-21-16-30-19(4)26-21;/h13,16,20H,5-12,14-15H2,1-4H3,(H2,23,24,25);1H. The molecule has 0 unspecified atom stereocenters. The van der Waals surface area contributed by atoms with Crippen molar-refractivity contribution in [2.45, 2.75) is 60.0 Å². The number of aromatic nitrogens is 3. The third-order valence-electron chi connectivity index (χ3n) is 5.55. The van der Waals surface area contributed by atoms with Crippen LogP contribution in [0.1, 0.15) is 48.3 Å². The van der Waals surface area contributed by atoms with Crippen LogP contribution in [0.2, 0.25) is 0 Å². The van der Waals surface area contributed by atoms with Crippen molar-refractivity contribution >= 4 is 41.3 Å². The highest BCUT2D eigenvalue weighted by Crippen LogP contribution is 2.20. The predicted octanol–water partition coefficient (Wildman–Crippen LogP) is 3.74. The second-order valence-corrected chi connectivity index (χ2v) is 9.29. The number of piperidine rings is 1. The molecule has 0 bridgehead atoms. The number of hydrogen-bond acceptors (Lipinski definition) is 5. The number of aryl methyl sites for hydroxylation is 4. The monoisotopic (exact) mass is 559 g/mol. The van der Waals surface area contributed by atoms with Crippen LogP contribution in [0, 0.1) is 26.7 Å². The van der Waals surface area contributed by atoms with E-state index in [0.717, 1.165) is 68.9 Å². The van der Waals surface area contributed by atoms with Gasteiger partial charge in [0.1, 0.15) is 0 Å². The molecule has 2 aromatic rings. The van der Waals surface area contributed by atoms with Gasteiger partial charge in [-0.25, -0.2) is 4.98 Å². The van der Waals surface area contributed by atoms with Gasteiger partial charge in [-0.1, -0.05) is 0 Å². The van der Waals surface area contributed by atoms with E-state index in [1.807, 2.05) is 6.92 Å². The highest BCUT2D eigenvalue weighted by atomic mass is 127. The summed E-state index contributed by atoms with van der Waals surface area (Å²) in [7, 11) is 0. The maximum atomic E-state index is 4.86. The normalized spacial score (nSPS) is 15.7. The van der Waals surface area contributed by atoms with Gasteiger partial charge in [0.2, 0.25) is 0 Å². The molecule has 1 aliphatic rings. The van der Waals surface area contributed by atoms with E-state index in [-0.39, 0.29) is 24.0 Å². The quantitative estimate of drug-likeness (QED) is 0.212. The molecule has 0 amide bonds. The van der Waals surface area contributed by atoms with Crippen molar-refractivity contribution in [1.82, 2.24) is 30.3 Å². The van der Waals surface area contributed by atoms with Crippen molar-refractivity contribution in [2.75, 3.05) is 32.7 Å². The minimum atomic E-state index is 0. The van der Waals surface area contributed by atoms with E-state index < -0.39 is 0 Å². The summed E-state index contributed by atoms with van der Waals surface area (Å²) in [5.41, 5.74) is 3.53. The third-order valence-corrected chi connectivity index (χ3v) is 6.38. The lowest BCUT2D eigenvalue weighted by Gasteiger charge is -2.30. The van der Waals surface area contributed by atoms with E-state index in [9.17, 15) is 0 Å². The molecule has 1 saturated heterocycles. The Morgan fingerprint density at radius 1 is 1.23 bits per heavy atom. The van der Waals surface area contributed by atoms with Gasteiger partial charge in [0.05, 0.1) is 16.4 Å². The molecule has 2 N–H and O–H groups in total. The molecule has 9 heteroatoms. The molecule has 1 fully saturated rings. The highest BCUT2D eigenvalue weighted by molar-refractivity contribution is 14.0. The Hall–Kier alpha value is -1.20. The Balaban J connectivity index is 0.00000341. The topological polar surface area (TPSA) is 70.4 Å². The summed E-state index contributed by atoms with van der Waals surface area (Å²) in [6.07, 6.45) is 3.45. The molecule has 0 saturated carbocycles. The lowest BCUT2D eigenvalue weighted by Crippen LogP contribution is -2.39. The van der Waals surface area contributed by atoms with Crippen LogP contribution in [0.3, 0.4) is 0 Å². The minimum Gasteiger partial charge on any atom is -0.357 e. The molecule has 3 rings (SSSR count). The molecule has 7 nitrogen and oxygen atoms in total. The lowest BCUT2D eigenvalue weighted by molar-refractivity contribution is 0.179. The minimum absolute atomic E-state index is 0. The number of thiazole rings is 1. The molecule has 0 radical (unpaired) electrons. The average molecular weight is 560 g/mol. The van der Waals surface area contributed by atoms with Crippen molar-refractivity contribution in [2.24, 2.45) is 10.9 Å². The van der Waals surface area contributed by atoms with Crippen LogP contribution < -0.4 is 10.6 Å². The molecule has 0 atom stereocenters. The van der Waals surface area contributed by atoms with Crippen molar-refractivity contribution in [3.63, 3.8) is 0 Å². The van der Waals surface area contributed by atoms with Crippen molar-refractivity contribution in [3.8, 4) is 0 Å². The van der Waals surface area contributed by atoms with E-state index in [0.29, 0.717) is 5.92 Å². The number of likely N-dealkylation sites (tertiary alicyclic amines) is 1. The zero-order chi connectivity index (χ0) is 21.3. The molecule has 1 aliphatic heterocycles. The van der Waals surface area contributed by atoms with Crippen LogP contribution in [0.4, 0.5) is 0 Å². The number of guanidine groups is 1. The summed E-state index contributed by atoms with van der Waals surface area (Å²) in [6.45, 7) is 15.2. The SMILES string of the molecule is CCNC(=NCC1CCN(Cc2csc(C)n2)CC1)NCCCn1nc(C)cc1C.I. The first-order valence-electron chi connectivity index (χ1n) is 11.2. The molecule has 2 aromatic heterocycles. The third kappa shape index (κ3) is 8.69. The van der Waals surface area contributed by atoms with Crippen LogP contribution in [0.15, 0.2) is 16.4 Å². The largest absolute Gasteiger partial charge is 0.357 e. The Kier molecular flexibility index (Phi) is 11.2. The number of nitrogens with zero attached hydrogens (tertiary/aromatic N) is 5. The van der Waals surface area contributed by atoms with Crippen molar-refractivity contribution in [1.29, 1.82) is 0 Å². The fourth-order valence-corrected chi connectivity index (χ4v) is 4.54. The van der Waals surface area contributed by atoms with E-state index in [4.69, 9.17) is 4.99 Å². The van der Waals surface area contributed by atoms with E-state index >= 15 is 0 Å². The van der Waals surface area contributed by atoms with Gasteiger partial charge in [0.25, 0.3) is 0 Å². The summed E-state index contributed by atoms with van der Waals surface area (Å²) in [6, 6.07) is 2.13. The predicted molar refractivity (Wildman–Crippen MR) is 141 cm³/mol. The summed E-state index contributed by atoms with van der Waals surface area (Å²) in [5.74, 6) is 1.61. The molecule has 174 valence electrons. The zero-order valence-electron chi connectivity index (χ0n) is 19.4. The van der Waals surface area contributed by atoms with E-state index in [1.165, 1.54) is 24.2 Å². The number of nitrogens with one attached hydrogen (secondary N) is 2. The van der Waals surface area contributed by atoms with Gasteiger partial charge in [0.15, 0.2) is 5.96 Å². The summed E-state index contributed by atoms with van der Waals surface area (Å²) in [5, 5.41) is 14.7. The molecular formula is C22H38IN7S. The first kappa shape index (κ1) is 26.1. The Bertz CT molecular complexity index is 809. The number of halogens is 1. The number of hydrogen-bond donors (Lipinski definition) is 2. The molecule has 0 aromatic carbocycles. The first-order valence-corrected chi connectivity index (χ1v) is 12.1. The molecular weight excluding hydrogens is 521 g/mol. The summed E-state index contributed by atoms with van der Waals surface area (Å²) >= 11 is 1.74. The zero-order valence-corrected chi connectivity index (χ0v) is 22.5. The average Bonchev–Trinajstić information content (AvgIpc) is 3.28. The second-order valence-electron chi connectivity index (χ2n) is 8.23. The Labute approximate surface area is 208 Å². The Morgan fingerprint density at radius 3 is 2.61 bits per heavy atom. The van der Waals surface area contributed by atoms with E-state index in [1.54, 1.807) is 11.3 Å². The first-order chi connectivity index (χ1) is 14.5. The van der Waals surface area contributed by atoms with Crippen LogP contribution >= 0.6 is 35.3 Å². The van der Waals surface area contributed by atoms with E-state index in [2.05, 4.69) is 62.5 Å². The number of aliphatic imine (C=N–C) groups is 1. The van der Waals surface area contributed by atoms with Gasteiger partial charge in [-0.15, -0.1) is 35.3 Å². The molecule has 0 spiro atoms. The molecule has 3 heterocycles. The number of rotatable bonds is 9. The fourth-order valence-electron chi connectivity index (χ4n) is 3.94. The smallest absolute Gasteiger partial charge is 0.191 e. The van der Waals surface area contributed by atoms with Crippen LogP contribution in [-0.2, 0) is 13.1 Å². The maximum Gasteiger partial charge on any atom is 0.191 e. The van der Waals surface area contributed by atoms with Crippen LogP contribution in [-0.4, -0.2) is 58.3 Å². The second kappa shape index (κ2) is 13.4. The van der Waals surface area contributed by atoms with Crippen molar-refractivity contribution in [3.05, 3.63) is 33.5 Å². The summed E-state index contributed by atoms with van der Waals surface area (Å²) in [4.78, 5) is 12.0. The van der Waals surface area contributed by atoms with Crippen LogP contribution in [0.25, 0.3) is 0 Å². The van der Waals surface area contributed by atoms with Crippen molar-refractivity contribution < 1.29 is 0 Å². The van der Waals surface area contributed by atoms with Gasteiger partial charge < -0.3 is 10.6 Å². The highest BCUT2D eigenvalue weighted by Gasteiger charge is 2.19.